The van der Waals surface area contributed by atoms with Gasteiger partial charge in [-0.3, -0.25) is 0 Å². The molecule has 0 unspecified atom stereocenters. The minimum atomic E-state index is -0.384. The summed E-state index contributed by atoms with van der Waals surface area (Å²) in [5.41, 5.74) is 1.71. The Morgan fingerprint density at radius 1 is 1.09 bits per heavy atom. The summed E-state index contributed by atoms with van der Waals surface area (Å²) < 4.78 is 10.3. The second kappa shape index (κ2) is 7.34. The van der Waals surface area contributed by atoms with Gasteiger partial charge in [-0.25, -0.2) is 4.79 Å². The third-order valence-corrected chi connectivity index (χ3v) is 3.50. The van der Waals surface area contributed by atoms with E-state index in [-0.39, 0.29) is 5.97 Å². The predicted molar refractivity (Wildman–Crippen MR) is 88.6 cm³/mol. The van der Waals surface area contributed by atoms with Gasteiger partial charge in [0.2, 0.25) is 0 Å². The smallest absolute Gasteiger partial charge is 0.330 e. The highest BCUT2D eigenvalue weighted by atomic mass is 35.5. The predicted octanol–water partition coefficient (Wildman–Crippen LogP) is 5.36. The maximum Gasteiger partial charge on any atom is 0.330 e. The van der Waals surface area contributed by atoms with Crippen LogP contribution in [0.1, 0.15) is 12.5 Å². The van der Waals surface area contributed by atoms with Crippen molar-refractivity contribution in [3.05, 3.63) is 64.1 Å². The van der Waals surface area contributed by atoms with Crippen molar-refractivity contribution in [1.82, 2.24) is 0 Å². The van der Waals surface area contributed by atoms with E-state index in [1.54, 1.807) is 30.3 Å². The maximum absolute atomic E-state index is 11.2. The van der Waals surface area contributed by atoms with Crippen LogP contribution >= 0.6 is 23.2 Å². The summed E-state index contributed by atoms with van der Waals surface area (Å²) in [7, 11) is 1.35. The van der Waals surface area contributed by atoms with Crippen LogP contribution in [0.25, 0.3) is 5.57 Å². The fourth-order valence-corrected chi connectivity index (χ4v) is 2.24. The molecule has 0 radical (unpaired) electrons. The van der Waals surface area contributed by atoms with Crippen LogP contribution in [0.2, 0.25) is 10.0 Å². The molecule has 2 aromatic carbocycles. The van der Waals surface area contributed by atoms with Gasteiger partial charge in [0.1, 0.15) is 11.5 Å². The van der Waals surface area contributed by atoms with E-state index in [1.807, 2.05) is 19.1 Å². The average Bonchev–Trinajstić information content (AvgIpc) is 2.50. The van der Waals surface area contributed by atoms with Crippen molar-refractivity contribution in [3.63, 3.8) is 0 Å². The summed E-state index contributed by atoms with van der Waals surface area (Å²) in [5.74, 6) is 0.783. The Morgan fingerprint density at radius 3 is 2.36 bits per heavy atom. The summed E-state index contributed by atoms with van der Waals surface area (Å²) in [6, 6.07) is 12.4. The lowest BCUT2D eigenvalue weighted by Crippen LogP contribution is -1.95. The van der Waals surface area contributed by atoms with Gasteiger partial charge < -0.3 is 9.47 Å². The van der Waals surface area contributed by atoms with Crippen molar-refractivity contribution in [1.29, 1.82) is 0 Å². The highest BCUT2D eigenvalue weighted by Crippen LogP contribution is 2.32. The lowest BCUT2D eigenvalue weighted by molar-refractivity contribution is -0.134. The van der Waals surface area contributed by atoms with E-state index in [2.05, 4.69) is 4.74 Å². The number of allylic oxidation sites excluding steroid dienone is 1. The molecular weight excluding hydrogens is 323 g/mol. The number of esters is 1. The van der Waals surface area contributed by atoms with Crippen LogP contribution in [0.5, 0.6) is 11.5 Å². The Morgan fingerprint density at radius 2 is 1.77 bits per heavy atom. The van der Waals surface area contributed by atoms with Gasteiger partial charge in [-0.05, 0) is 48.4 Å². The molecule has 0 saturated carbocycles. The van der Waals surface area contributed by atoms with Crippen LogP contribution in [0, 0.1) is 0 Å². The van der Waals surface area contributed by atoms with Crippen LogP contribution in [0.15, 0.2) is 48.5 Å². The molecule has 0 saturated heterocycles. The molecule has 0 aliphatic heterocycles. The molecule has 0 spiro atoms. The second-order valence-corrected chi connectivity index (χ2v) is 5.40. The number of rotatable bonds is 4. The molecule has 0 aromatic heterocycles. The zero-order valence-electron chi connectivity index (χ0n) is 12.1. The van der Waals surface area contributed by atoms with E-state index in [0.29, 0.717) is 21.5 Å². The van der Waals surface area contributed by atoms with E-state index >= 15 is 0 Å². The maximum atomic E-state index is 11.2. The molecule has 0 aliphatic carbocycles. The van der Waals surface area contributed by atoms with Crippen LogP contribution < -0.4 is 4.74 Å². The van der Waals surface area contributed by atoms with Crippen LogP contribution in [0.4, 0.5) is 0 Å². The molecule has 5 heteroatoms. The minimum absolute atomic E-state index is 0.384. The zero-order chi connectivity index (χ0) is 16.1. The van der Waals surface area contributed by atoms with Gasteiger partial charge >= 0.3 is 5.97 Å². The van der Waals surface area contributed by atoms with E-state index in [0.717, 1.165) is 11.1 Å². The van der Waals surface area contributed by atoms with Gasteiger partial charge in [-0.2, -0.15) is 0 Å². The zero-order valence-corrected chi connectivity index (χ0v) is 13.6. The van der Waals surface area contributed by atoms with Crippen molar-refractivity contribution in [2.24, 2.45) is 0 Å². The molecule has 0 atom stereocenters. The fraction of sp³-hybridized carbons (Fsp3) is 0.118. The standard InChI is InChI=1S/C17H14Cl2O3/c1-11(9-17(20)21-2)12-3-6-14(7-4-12)22-16-8-5-13(18)10-15(16)19/h3-10H,1-2H3/b11-9+. The van der Waals surface area contributed by atoms with Crippen molar-refractivity contribution >= 4 is 34.7 Å². The average molecular weight is 337 g/mol. The largest absolute Gasteiger partial charge is 0.466 e. The van der Waals surface area contributed by atoms with E-state index in [9.17, 15) is 4.79 Å². The molecule has 0 bridgehead atoms. The molecule has 0 fully saturated rings. The first-order valence-electron chi connectivity index (χ1n) is 6.49. The summed E-state index contributed by atoms with van der Waals surface area (Å²) >= 11 is 11.9. The third kappa shape index (κ3) is 4.26. The third-order valence-electron chi connectivity index (χ3n) is 2.97. The van der Waals surface area contributed by atoms with E-state index in [1.165, 1.54) is 13.2 Å². The number of halogens is 2. The van der Waals surface area contributed by atoms with Crippen molar-refractivity contribution in [2.45, 2.75) is 6.92 Å². The van der Waals surface area contributed by atoms with Gasteiger partial charge in [0, 0.05) is 11.1 Å². The molecule has 22 heavy (non-hydrogen) atoms. The van der Waals surface area contributed by atoms with Crippen LogP contribution in [-0.2, 0) is 9.53 Å². The summed E-state index contributed by atoms with van der Waals surface area (Å²) in [4.78, 5) is 11.2. The molecule has 0 heterocycles. The first-order chi connectivity index (χ1) is 10.5. The first-order valence-corrected chi connectivity index (χ1v) is 7.25. The van der Waals surface area contributed by atoms with Gasteiger partial charge in [-0.1, -0.05) is 35.3 Å². The molecule has 114 valence electrons. The summed E-state index contributed by atoms with van der Waals surface area (Å²) in [6.45, 7) is 1.84. The number of methoxy groups -OCH3 is 1. The molecule has 0 amide bonds. The number of ether oxygens (including phenoxy) is 2. The van der Waals surface area contributed by atoms with Crippen molar-refractivity contribution in [2.75, 3.05) is 7.11 Å². The lowest BCUT2D eigenvalue weighted by Gasteiger charge is -2.09. The normalized spacial score (nSPS) is 11.2. The highest BCUT2D eigenvalue weighted by Gasteiger charge is 2.05. The van der Waals surface area contributed by atoms with Gasteiger partial charge in [0.05, 0.1) is 12.1 Å². The summed E-state index contributed by atoms with van der Waals surface area (Å²) in [6.07, 6.45) is 1.44. The molecule has 2 aromatic rings. The van der Waals surface area contributed by atoms with E-state index in [4.69, 9.17) is 27.9 Å². The number of benzene rings is 2. The minimum Gasteiger partial charge on any atom is -0.466 e. The van der Waals surface area contributed by atoms with Gasteiger partial charge in [0.25, 0.3) is 0 Å². The Balaban J connectivity index is 2.15. The number of carbonyl (C=O) groups is 1. The Hall–Kier alpha value is -1.97. The molecular formula is C17H14Cl2O3. The highest BCUT2D eigenvalue weighted by molar-refractivity contribution is 6.35. The Labute approximate surface area is 139 Å². The Bertz CT molecular complexity index is 706. The monoisotopic (exact) mass is 336 g/mol. The first kappa shape index (κ1) is 16.4. The topological polar surface area (TPSA) is 35.5 Å². The number of hydrogen-bond donors (Lipinski definition) is 0. The lowest BCUT2D eigenvalue weighted by atomic mass is 10.1. The molecule has 0 aliphatic rings. The SMILES string of the molecule is COC(=O)/C=C(\C)c1ccc(Oc2ccc(Cl)cc2Cl)cc1. The molecule has 0 N–H and O–H groups in total. The summed E-state index contributed by atoms with van der Waals surface area (Å²) in [5, 5.41) is 0.995. The van der Waals surface area contributed by atoms with Crippen molar-refractivity contribution < 1.29 is 14.3 Å². The fourth-order valence-electron chi connectivity index (χ4n) is 1.79. The number of hydrogen-bond acceptors (Lipinski definition) is 3. The molecule has 2 rings (SSSR count). The van der Waals surface area contributed by atoms with Gasteiger partial charge in [-0.15, -0.1) is 0 Å². The van der Waals surface area contributed by atoms with Crippen LogP contribution in [0.3, 0.4) is 0 Å². The van der Waals surface area contributed by atoms with E-state index < -0.39 is 0 Å². The van der Waals surface area contributed by atoms with Crippen molar-refractivity contribution in [3.8, 4) is 11.5 Å². The quantitative estimate of drug-likeness (QED) is 0.556. The Kier molecular flexibility index (Phi) is 5.47. The molecule has 3 nitrogen and oxygen atoms in total. The van der Waals surface area contributed by atoms with Gasteiger partial charge in [0.15, 0.2) is 0 Å². The second-order valence-electron chi connectivity index (χ2n) is 4.55. The number of carbonyl (C=O) groups excluding carboxylic acids is 1. The van der Waals surface area contributed by atoms with Crippen LogP contribution in [-0.4, -0.2) is 13.1 Å².